The first-order valence-corrected chi connectivity index (χ1v) is 10.7. The number of halogens is 6. The molecule has 0 aliphatic carbocycles. The van der Waals surface area contributed by atoms with Crippen LogP contribution in [0, 0.1) is 0 Å². The number of carbonyl (C=O) groups excluding carboxylic acids is 4. The molecule has 2 rings (SSSR count). The summed E-state index contributed by atoms with van der Waals surface area (Å²) in [6.07, 6.45) is -17.0. The van der Waals surface area contributed by atoms with E-state index < -0.39 is 90.3 Å². The quantitative estimate of drug-likeness (QED) is 0.305. The minimum Gasteiger partial charge on any atom is -0.463 e. The van der Waals surface area contributed by atoms with Crippen molar-refractivity contribution in [2.24, 2.45) is 0 Å². The van der Waals surface area contributed by atoms with Gasteiger partial charge >= 0.3 is 30.3 Å². The van der Waals surface area contributed by atoms with Crippen LogP contribution < -0.4 is 10.1 Å². The van der Waals surface area contributed by atoms with Gasteiger partial charge in [0.05, 0.1) is 11.1 Å². The van der Waals surface area contributed by atoms with Gasteiger partial charge in [-0.1, -0.05) is 0 Å². The van der Waals surface area contributed by atoms with Crippen molar-refractivity contribution in [1.29, 1.82) is 0 Å². The van der Waals surface area contributed by atoms with Crippen LogP contribution in [0.25, 0.3) is 0 Å². The van der Waals surface area contributed by atoms with Gasteiger partial charge in [-0.15, -0.1) is 0 Å². The van der Waals surface area contributed by atoms with Crippen LogP contribution in [0.15, 0.2) is 18.2 Å². The maximum Gasteiger partial charge on any atom is 0.416 e. The molecule has 0 saturated carbocycles. The molecule has 1 aromatic rings. The van der Waals surface area contributed by atoms with Crippen LogP contribution in [-0.4, -0.2) is 61.1 Å². The van der Waals surface area contributed by atoms with Gasteiger partial charge in [0.15, 0.2) is 12.2 Å². The van der Waals surface area contributed by atoms with Crippen LogP contribution in [0.5, 0.6) is 5.75 Å². The molecule has 0 spiro atoms. The van der Waals surface area contributed by atoms with Crippen molar-refractivity contribution < 1.29 is 69.2 Å². The maximum absolute atomic E-state index is 13.3. The molecule has 0 radical (unpaired) electrons. The number of carbonyl (C=O) groups is 4. The average molecular weight is 559 g/mol. The van der Waals surface area contributed by atoms with Crippen LogP contribution in [0.4, 0.5) is 26.3 Å². The van der Waals surface area contributed by atoms with E-state index in [0.717, 1.165) is 27.7 Å². The summed E-state index contributed by atoms with van der Waals surface area (Å²) in [6.45, 7) is 3.28. The number of hydrogen-bond acceptors (Lipinski definition) is 9. The summed E-state index contributed by atoms with van der Waals surface area (Å²) in [5.74, 6) is -4.48. The van der Waals surface area contributed by atoms with Crippen LogP contribution in [0.3, 0.4) is 0 Å². The maximum atomic E-state index is 13.3. The van der Waals surface area contributed by atoms with E-state index in [0.29, 0.717) is 0 Å². The summed E-state index contributed by atoms with van der Waals surface area (Å²) in [6, 6.07) is -1.20. The first-order valence-electron chi connectivity index (χ1n) is 10.7. The summed E-state index contributed by atoms with van der Waals surface area (Å²) in [4.78, 5) is 46.8. The normalized spacial score (nSPS) is 23.7. The van der Waals surface area contributed by atoms with E-state index >= 15 is 0 Å². The molecule has 1 aliphatic rings. The standard InChI is InChI=1S/C22H23F6NO9/c1-9(30)29-17-19(36-12(4)33)18(35-11(3)32)16(8-34-10(2)31)38-20(17)37-15-6-13(21(23,24)25)5-14(7-15)22(26,27)28/h5-7,16-20H,8H2,1-4H3,(H,29,30)/t16-,17+,18-,19-,20-/m1/s1. The highest BCUT2D eigenvalue weighted by Gasteiger charge is 2.52. The lowest BCUT2D eigenvalue weighted by atomic mass is 9.96. The lowest BCUT2D eigenvalue weighted by molar-refractivity contribution is -0.257. The van der Waals surface area contributed by atoms with Gasteiger partial charge in [-0.2, -0.15) is 26.3 Å². The number of hydrogen-bond donors (Lipinski definition) is 1. The van der Waals surface area contributed by atoms with Gasteiger partial charge in [0.25, 0.3) is 0 Å². The predicted octanol–water partition coefficient (Wildman–Crippen LogP) is 2.76. The number of amides is 1. The molecule has 0 unspecified atom stereocenters. The monoisotopic (exact) mass is 559 g/mol. The molecule has 1 saturated heterocycles. The van der Waals surface area contributed by atoms with Crippen LogP contribution in [0.2, 0.25) is 0 Å². The fourth-order valence-electron chi connectivity index (χ4n) is 3.52. The molecule has 5 atom stereocenters. The molecular weight excluding hydrogens is 536 g/mol. The van der Waals surface area contributed by atoms with Crippen molar-refractivity contribution >= 4 is 23.8 Å². The molecule has 1 fully saturated rings. The fraction of sp³-hybridized carbons (Fsp3) is 0.545. The molecule has 10 nitrogen and oxygen atoms in total. The molecule has 38 heavy (non-hydrogen) atoms. The number of ether oxygens (including phenoxy) is 5. The molecule has 212 valence electrons. The van der Waals surface area contributed by atoms with E-state index in [1.807, 2.05) is 0 Å². The first kappa shape index (κ1) is 30.7. The lowest BCUT2D eigenvalue weighted by Gasteiger charge is -2.44. The lowest BCUT2D eigenvalue weighted by Crippen LogP contribution is -2.67. The van der Waals surface area contributed by atoms with Gasteiger partial charge in [0.2, 0.25) is 12.2 Å². The summed E-state index contributed by atoms with van der Waals surface area (Å²) in [5.41, 5.74) is -3.39. The van der Waals surface area contributed by atoms with E-state index in [2.05, 4.69) is 5.32 Å². The fourth-order valence-corrected chi connectivity index (χ4v) is 3.52. The van der Waals surface area contributed by atoms with Crippen molar-refractivity contribution in [2.75, 3.05) is 6.61 Å². The molecule has 1 aliphatic heterocycles. The Hall–Kier alpha value is -3.56. The first-order chi connectivity index (χ1) is 17.4. The number of alkyl halides is 6. The second kappa shape index (κ2) is 11.9. The molecule has 1 N–H and O–H groups in total. The van der Waals surface area contributed by atoms with E-state index in [9.17, 15) is 45.5 Å². The number of benzene rings is 1. The van der Waals surface area contributed by atoms with Crippen molar-refractivity contribution in [1.82, 2.24) is 5.32 Å². The Bertz CT molecular complexity index is 1030. The molecule has 1 aromatic carbocycles. The number of nitrogens with one attached hydrogen (secondary N) is 1. The van der Waals surface area contributed by atoms with E-state index in [-0.39, 0.29) is 18.2 Å². The largest absolute Gasteiger partial charge is 0.463 e. The topological polar surface area (TPSA) is 126 Å². The third-order valence-electron chi connectivity index (χ3n) is 4.88. The summed E-state index contributed by atoms with van der Waals surface area (Å²) in [5, 5.41) is 2.28. The Morgan fingerprint density at radius 2 is 1.32 bits per heavy atom. The highest BCUT2D eigenvalue weighted by molar-refractivity contribution is 5.73. The van der Waals surface area contributed by atoms with E-state index in [1.54, 1.807) is 0 Å². The molecule has 1 heterocycles. The minimum absolute atomic E-state index is 0.123. The van der Waals surface area contributed by atoms with Gasteiger partial charge in [-0.05, 0) is 18.2 Å². The third kappa shape index (κ3) is 8.49. The van der Waals surface area contributed by atoms with Crippen LogP contribution in [-0.2, 0) is 50.5 Å². The Balaban J connectivity index is 2.62. The molecule has 16 heteroatoms. The van der Waals surface area contributed by atoms with Gasteiger partial charge in [-0.25, -0.2) is 0 Å². The van der Waals surface area contributed by atoms with E-state index in [4.69, 9.17) is 23.7 Å². The second-order valence-corrected chi connectivity index (χ2v) is 8.08. The molecule has 0 aromatic heterocycles. The Morgan fingerprint density at radius 3 is 1.74 bits per heavy atom. The smallest absolute Gasteiger partial charge is 0.416 e. The highest BCUT2D eigenvalue weighted by Crippen LogP contribution is 2.39. The van der Waals surface area contributed by atoms with Crippen molar-refractivity contribution in [2.45, 2.75) is 70.7 Å². The third-order valence-corrected chi connectivity index (χ3v) is 4.88. The van der Waals surface area contributed by atoms with Gasteiger partial charge in [-0.3, -0.25) is 19.2 Å². The van der Waals surface area contributed by atoms with Crippen LogP contribution in [0.1, 0.15) is 38.8 Å². The second-order valence-electron chi connectivity index (χ2n) is 8.08. The molecule has 0 bridgehead atoms. The predicted molar refractivity (Wildman–Crippen MR) is 111 cm³/mol. The summed E-state index contributed by atoms with van der Waals surface area (Å²) in [7, 11) is 0. The summed E-state index contributed by atoms with van der Waals surface area (Å²) < 4.78 is 106. The Kier molecular flexibility index (Phi) is 9.58. The zero-order valence-electron chi connectivity index (χ0n) is 20.3. The summed E-state index contributed by atoms with van der Waals surface area (Å²) >= 11 is 0. The number of rotatable bonds is 7. The molecule has 1 amide bonds. The average Bonchev–Trinajstić information content (AvgIpc) is 2.74. The number of esters is 3. The highest BCUT2D eigenvalue weighted by atomic mass is 19.4. The SMILES string of the molecule is CC(=O)N[C@@H]1[C@H](Oc2cc(C(F)(F)F)cc(C(F)(F)F)c2)O[C@H](COC(C)=O)[C@@H](OC(C)=O)[C@@H]1OC(C)=O. The minimum atomic E-state index is -5.19. The van der Waals surface area contributed by atoms with E-state index in [1.165, 1.54) is 0 Å². The Labute approximate surface area is 211 Å². The van der Waals surface area contributed by atoms with Gasteiger partial charge < -0.3 is 29.0 Å². The van der Waals surface area contributed by atoms with Crippen molar-refractivity contribution in [3.8, 4) is 5.75 Å². The zero-order chi connectivity index (χ0) is 29.0. The van der Waals surface area contributed by atoms with Crippen LogP contribution >= 0.6 is 0 Å². The van der Waals surface area contributed by atoms with Crippen molar-refractivity contribution in [3.63, 3.8) is 0 Å². The zero-order valence-corrected chi connectivity index (χ0v) is 20.3. The van der Waals surface area contributed by atoms with Gasteiger partial charge in [0, 0.05) is 27.7 Å². The van der Waals surface area contributed by atoms with Crippen molar-refractivity contribution in [3.05, 3.63) is 29.3 Å². The van der Waals surface area contributed by atoms with Gasteiger partial charge in [0.1, 0.15) is 24.5 Å². The Morgan fingerprint density at radius 1 is 0.816 bits per heavy atom. The molecular formula is C22H23F6NO9.